The van der Waals surface area contributed by atoms with Crippen LogP contribution in [0.25, 0.3) is 0 Å². The Balaban J connectivity index is 1.95. The lowest BCUT2D eigenvalue weighted by Crippen LogP contribution is -2.19. The zero-order valence-electron chi connectivity index (χ0n) is 10.7. The quantitative estimate of drug-likeness (QED) is 0.852. The van der Waals surface area contributed by atoms with Gasteiger partial charge < -0.3 is 5.32 Å². The minimum Gasteiger partial charge on any atom is -0.326 e. The summed E-state index contributed by atoms with van der Waals surface area (Å²) in [7, 11) is 0. The van der Waals surface area contributed by atoms with Crippen LogP contribution in [0.1, 0.15) is 27.9 Å². The molecule has 0 aromatic heterocycles. The highest BCUT2D eigenvalue weighted by Gasteiger charge is 2.17. The Hall–Kier alpha value is -2.49. The fourth-order valence-electron chi connectivity index (χ4n) is 2.32. The summed E-state index contributed by atoms with van der Waals surface area (Å²) in [6.07, 6.45) is 1.04. The molecule has 0 fully saturated rings. The maximum atomic E-state index is 13.2. The lowest BCUT2D eigenvalue weighted by atomic mass is 9.96. The number of rotatable bonds is 2. The van der Waals surface area contributed by atoms with Crippen molar-refractivity contribution in [3.05, 3.63) is 65.0 Å². The van der Waals surface area contributed by atoms with Gasteiger partial charge in [-0.3, -0.25) is 9.59 Å². The van der Waals surface area contributed by atoms with Crippen molar-refractivity contribution in [1.29, 1.82) is 0 Å². The number of ketones is 1. The molecule has 2 aromatic carbocycles. The molecule has 1 aliphatic heterocycles. The van der Waals surface area contributed by atoms with Crippen LogP contribution in [0.4, 0.5) is 10.1 Å². The molecule has 0 atom stereocenters. The fourth-order valence-corrected chi connectivity index (χ4v) is 2.32. The average molecular weight is 269 g/mol. The van der Waals surface area contributed by atoms with Gasteiger partial charge in [-0.15, -0.1) is 0 Å². The standard InChI is InChI=1S/C16H12FNO2/c17-13-3-1-2-11(9-13)16(20)12-4-6-14-10(8-12)5-7-15(19)18-14/h1-4,6,8-9H,5,7H2,(H,18,19). The van der Waals surface area contributed by atoms with Gasteiger partial charge in [-0.1, -0.05) is 12.1 Å². The van der Waals surface area contributed by atoms with Gasteiger partial charge in [0.05, 0.1) is 0 Å². The third-order valence-electron chi connectivity index (χ3n) is 3.35. The Kier molecular flexibility index (Phi) is 3.06. The first kappa shape index (κ1) is 12.5. The summed E-state index contributed by atoms with van der Waals surface area (Å²) in [5.41, 5.74) is 2.51. The van der Waals surface area contributed by atoms with Crippen LogP contribution < -0.4 is 5.32 Å². The van der Waals surface area contributed by atoms with Gasteiger partial charge in [0.25, 0.3) is 0 Å². The van der Waals surface area contributed by atoms with E-state index in [0.29, 0.717) is 24.0 Å². The maximum absolute atomic E-state index is 13.2. The van der Waals surface area contributed by atoms with Crippen LogP contribution in [0, 0.1) is 5.82 Å². The third-order valence-corrected chi connectivity index (χ3v) is 3.35. The summed E-state index contributed by atoms with van der Waals surface area (Å²) in [4.78, 5) is 23.6. The molecule has 20 heavy (non-hydrogen) atoms. The minimum atomic E-state index is -0.430. The highest BCUT2D eigenvalue weighted by Crippen LogP contribution is 2.24. The second-order valence-electron chi connectivity index (χ2n) is 4.76. The second kappa shape index (κ2) is 4.89. The summed E-state index contributed by atoms with van der Waals surface area (Å²) in [6, 6.07) is 10.8. The number of amides is 1. The minimum absolute atomic E-state index is 0.0123. The average Bonchev–Trinajstić information content (AvgIpc) is 2.46. The molecule has 3 rings (SSSR count). The van der Waals surface area contributed by atoms with E-state index in [9.17, 15) is 14.0 Å². The number of aryl methyl sites for hydroxylation is 1. The zero-order valence-corrected chi connectivity index (χ0v) is 10.7. The molecular formula is C16H12FNO2. The first-order chi connectivity index (χ1) is 9.63. The number of carbonyl (C=O) groups is 2. The van der Waals surface area contributed by atoms with Crippen molar-refractivity contribution in [1.82, 2.24) is 0 Å². The van der Waals surface area contributed by atoms with Gasteiger partial charge in [-0.25, -0.2) is 4.39 Å². The number of halogens is 1. The van der Waals surface area contributed by atoms with Gasteiger partial charge in [0.15, 0.2) is 5.78 Å². The van der Waals surface area contributed by atoms with Gasteiger partial charge in [0, 0.05) is 23.2 Å². The highest BCUT2D eigenvalue weighted by atomic mass is 19.1. The number of nitrogens with one attached hydrogen (secondary N) is 1. The topological polar surface area (TPSA) is 46.2 Å². The molecule has 2 aromatic rings. The Morgan fingerprint density at radius 3 is 2.65 bits per heavy atom. The van der Waals surface area contributed by atoms with Crippen LogP contribution in [-0.2, 0) is 11.2 Å². The first-order valence-corrected chi connectivity index (χ1v) is 6.36. The Morgan fingerprint density at radius 2 is 1.85 bits per heavy atom. The third kappa shape index (κ3) is 2.32. The van der Waals surface area contributed by atoms with Crippen molar-refractivity contribution in [2.24, 2.45) is 0 Å². The fraction of sp³-hybridized carbons (Fsp3) is 0.125. The molecule has 0 saturated carbocycles. The van der Waals surface area contributed by atoms with E-state index in [2.05, 4.69) is 5.32 Å². The second-order valence-corrected chi connectivity index (χ2v) is 4.76. The monoisotopic (exact) mass is 269 g/mol. The summed E-state index contributed by atoms with van der Waals surface area (Å²) >= 11 is 0. The summed E-state index contributed by atoms with van der Waals surface area (Å²) in [5.74, 6) is -0.660. The lowest BCUT2D eigenvalue weighted by molar-refractivity contribution is -0.116. The molecule has 0 bridgehead atoms. The van der Waals surface area contributed by atoms with Crippen molar-refractivity contribution in [3.8, 4) is 0 Å². The molecule has 0 saturated heterocycles. The molecule has 1 aliphatic rings. The number of carbonyl (C=O) groups excluding carboxylic acids is 2. The normalized spacial score (nSPS) is 13.6. The molecule has 0 radical (unpaired) electrons. The summed E-state index contributed by atoms with van der Waals surface area (Å²) < 4.78 is 13.2. The van der Waals surface area contributed by atoms with Crippen LogP contribution in [0.5, 0.6) is 0 Å². The molecule has 0 aliphatic carbocycles. The van der Waals surface area contributed by atoms with Crippen LogP contribution >= 0.6 is 0 Å². The Bertz CT molecular complexity index is 709. The zero-order chi connectivity index (χ0) is 14.1. The van der Waals surface area contributed by atoms with E-state index < -0.39 is 5.82 Å². The van der Waals surface area contributed by atoms with E-state index in [0.717, 1.165) is 11.3 Å². The van der Waals surface area contributed by atoms with Crippen LogP contribution in [0.3, 0.4) is 0 Å². The Labute approximate surface area is 115 Å². The molecule has 100 valence electrons. The maximum Gasteiger partial charge on any atom is 0.224 e. The molecule has 1 amide bonds. The van der Waals surface area contributed by atoms with E-state index in [1.807, 2.05) is 0 Å². The molecule has 3 nitrogen and oxygen atoms in total. The van der Waals surface area contributed by atoms with Gasteiger partial charge in [0.1, 0.15) is 5.82 Å². The molecular weight excluding hydrogens is 257 g/mol. The number of hydrogen-bond acceptors (Lipinski definition) is 2. The van der Waals surface area contributed by atoms with E-state index >= 15 is 0 Å². The summed E-state index contributed by atoms with van der Waals surface area (Å²) in [5, 5.41) is 2.76. The largest absolute Gasteiger partial charge is 0.326 e. The Morgan fingerprint density at radius 1 is 1.05 bits per heavy atom. The predicted octanol–water partition coefficient (Wildman–Crippen LogP) is 2.94. The van der Waals surface area contributed by atoms with E-state index in [4.69, 9.17) is 0 Å². The van der Waals surface area contributed by atoms with Crippen molar-refractivity contribution >= 4 is 17.4 Å². The molecule has 1 heterocycles. The van der Waals surface area contributed by atoms with Crippen molar-refractivity contribution in [3.63, 3.8) is 0 Å². The van der Waals surface area contributed by atoms with E-state index in [1.54, 1.807) is 24.3 Å². The van der Waals surface area contributed by atoms with Gasteiger partial charge >= 0.3 is 0 Å². The molecule has 1 N–H and O–H groups in total. The van der Waals surface area contributed by atoms with Crippen LogP contribution in [-0.4, -0.2) is 11.7 Å². The van der Waals surface area contributed by atoms with Gasteiger partial charge in [-0.2, -0.15) is 0 Å². The van der Waals surface area contributed by atoms with E-state index in [-0.39, 0.29) is 11.7 Å². The molecule has 0 spiro atoms. The predicted molar refractivity (Wildman–Crippen MR) is 73.2 cm³/mol. The van der Waals surface area contributed by atoms with E-state index in [1.165, 1.54) is 18.2 Å². The number of hydrogen-bond donors (Lipinski definition) is 1. The highest BCUT2D eigenvalue weighted by molar-refractivity contribution is 6.09. The number of anilines is 1. The smallest absolute Gasteiger partial charge is 0.224 e. The lowest BCUT2D eigenvalue weighted by Gasteiger charge is -2.17. The summed E-state index contributed by atoms with van der Waals surface area (Å²) in [6.45, 7) is 0. The van der Waals surface area contributed by atoms with Gasteiger partial charge in [-0.05, 0) is 42.3 Å². The van der Waals surface area contributed by atoms with Crippen molar-refractivity contribution in [2.75, 3.05) is 5.32 Å². The molecule has 0 unspecified atom stereocenters. The number of fused-ring (bicyclic) bond motifs is 1. The SMILES string of the molecule is O=C1CCc2cc(C(=O)c3cccc(F)c3)ccc2N1. The van der Waals surface area contributed by atoms with Crippen molar-refractivity contribution in [2.45, 2.75) is 12.8 Å². The molecule has 4 heteroatoms. The van der Waals surface area contributed by atoms with Crippen LogP contribution in [0.15, 0.2) is 42.5 Å². The number of benzene rings is 2. The first-order valence-electron chi connectivity index (χ1n) is 6.36. The van der Waals surface area contributed by atoms with Gasteiger partial charge in [0.2, 0.25) is 5.91 Å². The van der Waals surface area contributed by atoms with Crippen molar-refractivity contribution < 1.29 is 14.0 Å². The van der Waals surface area contributed by atoms with Crippen LogP contribution in [0.2, 0.25) is 0 Å².